The Labute approximate surface area is 248 Å². The summed E-state index contributed by atoms with van der Waals surface area (Å²) in [6.45, 7) is 0. The molecule has 0 saturated heterocycles. The molecule has 0 radical (unpaired) electrons. The molecule has 0 bridgehead atoms. The molecule has 4 aromatic rings. The summed E-state index contributed by atoms with van der Waals surface area (Å²) in [7, 11) is 0. The Morgan fingerprint density at radius 2 is 1.23 bits per heavy atom. The number of carboxylic acids is 1. The molecule has 1 unspecified atom stereocenters. The van der Waals surface area contributed by atoms with E-state index in [0.29, 0.717) is 16.3 Å². The molecule has 0 aromatic heterocycles. The average Bonchev–Trinajstić information content (AvgIpc) is 2.93. The molecule has 4 aromatic carbocycles. The first-order valence-electron chi connectivity index (χ1n) is 11.3. The van der Waals surface area contributed by atoms with Gasteiger partial charge in [-0.15, -0.1) is 11.8 Å². The number of nitrogens with one attached hydrogen (secondary N) is 2. The van der Waals surface area contributed by atoms with Crippen molar-refractivity contribution in [2.75, 3.05) is 10.6 Å². The van der Waals surface area contributed by atoms with E-state index < -0.39 is 33.3 Å². The third-order valence-electron chi connectivity index (χ3n) is 5.44. The van der Waals surface area contributed by atoms with Crippen molar-refractivity contribution in [2.45, 2.75) is 10.1 Å². The molecule has 0 saturated carbocycles. The fourth-order valence-electron chi connectivity index (χ4n) is 3.65. The summed E-state index contributed by atoms with van der Waals surface area (Å²) in [4.78, 5) is 39.0. The van der Waals surface area contributed by atoms with Crippen molar-refractivity contribution < 1.29 is 19.5 Å². The molecule has 0 aliphatic rings. The highest BCUT2D eigenvalue weighted by molar-refractivity contribution is 8.00. The van der Waals surface area contributed by atoms with E-state index in [1.165, 1.54) is 11.8 Å². The molecule has 0 aliphatic heterocycles. The highest BCUT2D eigenvalue weighted by atomic mass is 35.5. The highest BCUT2D eigenvalue weighted by Gasteiger charge is 2.29. The largest absolute Gasteiger partial charge is 0.478 e. The smallest absolute Gasteiger partial charge is 0.338 e. The van der Waals surface area contributed by atoms with Gasteiger partial charge in [-0.05, 0) is 35.9 Å². The van der Waals surface area contributed by atoms with Gasteiger partial charge in [0.05, 0.1) is 31.2 Å². The number of aromatic carboxylic acids is 1. The Morgan fingerprint density at radius 1 is 0.667 bits per heavy atom. The number of rotatable bonds is 8. The fraction of sp³-hybridized carbons (Fsp3) is 0.0357. The lowest BCUT2D eigenvalue weighted by molar-refractivity contribution is -0.115. The molecule has 0 aliphatic carbocycles. The van der Waals surface area contributed by atoms with Gasteiger partial charge in [0.1, 0.15) is 5.25 Å². The Kier molecular flexibility index (Phi) is 9.43. The lowest BCUT2D eigenvalue weighted by Crippen LogP contribution is -2.19. The van der Waals surface area contributed by atoms with Crippen LogP contribution in [0.5, 0.6) is 0 Å². The topological polar surface area (TPSA) is 95.5 Å². The SMILES string of the molecule is O=C(O)c1c(Cl)c(Cl)c(Cl)c(Cl)c1C(=O)Nc1cccc(SC(C(=O)Nc2ccccc2)c2ccccc2)c1. The highest BCUT2D eigenvalue weighted by Crippen LogP contribution is 2.42. The molecule has 0 fully saturated rings. The van der Waals surface area contributed by atoms with E-state index in [1.807, 2.05) is 48.5 Å². The third kappa shape index (κ3) is 6.69. The first-order chi connectivity index (χ1) is 18.7. The number of benzene rings is 4. The molecule has 3 N–H and O–H groups in total. The molecule has 11 heteroatoms. The Hall–Kier alpha value is -3.20. The molecule has 39 heavy (non-hydrogen) atoms. The van der Waals surface area contributed by atoms with Crippen molar-refractivity contribution in [1.29, 1.82) is 0 Å². The number of amides is 2. The van der Waals surface area contributed by atoms with E-state index in [9.17, 15) is 19.5 Å². The van der Waals surface area contributed by atoms with Gasteiger partial charge in [0.2, 0.25) is 5.91 Å². The molecule has 0 heterocycles. The van der Waals surface area contributed by atoms with Crippen LogP contribution in [0, 0.1) is 0 Å². The van der Waals surface area contributed by atoms with Gasteiger partial charge in [0, 0.05) is 16.3 Å². The van der Waals surface area contributed by atoms with Crippen LogP contribution in [0.4, 0.5) is 11.4 Å². The summed E-state index contributed by atoms with van der Waals surface area (Å²) in [6, 6.07) is 25.1. The van der Waals surface area contributed by atoms with Crippen LogP contribution in [-0.4, -0.2) is 22.9 Å². The zero-order chi connectivity index (χ0) is 28.1. The minimum Gasteiger partial charge on any atom is -0.478 e. The number of thioether (sulfide) groups is 1. The van der Waals surface area contributed by atoms with Crippen LogP contribution >= 0.6 is 58.2 Å². The van der Waals surface area contributed by atoms with Gasteiger partial charge in [0.25, 0.3) is 5.91 Å². The van der Waals surface area contributed by atoms with E-state index in [4.69, 9.17) is 46.4 Å². The maximum atomic E-state index is 13.3. The molecular formula is C28H18Cl4N2O4S. The maximum Gasteiger partial charge on any atom is 0.338 e. The second kappa shape index (κ2) is 12.8. The van der Waals surface area contributed by atoms with Crippen LogP contribution < -0.4 is 10.6 Å². The van der Waals surface area contributed by atoms with E-state index in [-0.39, 0.29) is 21.0 Å². The summed E-state index contributed by atoms with van der Waals surface area (Å²) in [5.74, 6) is -2.57. The van der Waals surface area contributed by atoms with E-state index in [0.717, 1.165) is 5.56 Å². The third-order valence-corrected chi connectivity index (χ3v) is 8.49. The van der Waals surface area contributed by atoms with Crippen LogP contribution in [-0.2, 0) is 4.79 Å². The van der Waals surface area contributed by atoms with Crippen molar-refractivity contribution in [3.8, 4) is 0 Å². The van der Waals surface area contributed by atoms with Crippen LogP contribution in [0.2, 0.25) is 20.1 Å². The Morgan fingerprint density at radius 3 is 1.85 bits per heavy atom. The molecule has 1 atom stereocenters. The second-order valence-corrected chi connectivity index (χ2v) is 10.7. The molecule has 6 nitrogen and oxygen atoms in total. The van der Waals surface area contributed by atoms with Gasteiger partial charge in [-0.3, -0.25) is 9.59 Å². The fourth-order valence-corrected chi connectivity index (χ4v) is 5.76. The summed E-state index contributed by atoms with van der Waals surface area (Å²) >= 11 is 25.6. The standard InChI is InChI=1S/C28H18Cl4N2O4S/c29-21-19(20(28(37)38)22(30)24(32)23(21)31)26(35)34-17-12-7-13-18(14-17)39-25(15-8-3-1-4-9-15)27(36)33-16-10-5-2-6-11-16/h1-14,25H,(H,33,36)(H,34,35)(H,37,38). The second-order valence-electron chi connectivity index (χ2n) is 8.06. The quantitative estimate of drug-likeness (QED) is 0.104. The van der Waals surface area contributed by atoms with Crippen LogP contribution in [0.1, 0.15) is 31.5 Å². The van der Waals surface area contributed by atoms with Crippen LogP contribution in [0.3, 0.4) is 0 Å². The van der Waals surface area contributed by atoms with Crippen LogP contribution in [0.15, 0.2) is 89.8 Å². The number of para-hydroxylation sites is 1. The first-order valence-corrected chi connectivity index (χ1v) is 13.6. The summed E-state index contributed by atoms with van der Waals surface area (Å²) in [6.07, 6.45) is 0. The van der Waals surface area contributed by atoms with Crippen molar-refractivity contribution in [2.24, 2.45) is 0 Å². The molecule has 198 valence electrons. The van der Waals surface area contributed by atoms with Crippen molar-refractivity contribution >= 4 is 87.3 Å². The van der Waals surface area contributed by atoms with Gasteiger partial charge < -0.3 is 15.7 Å². The average molecular weight is 620 g/mol. The van der Waals surface area contributed by atoms with E-state index in [2.05, 4.69) is 10.6 Å². The lowest BCUT2D eigenvalue weighted by atomic mass is 10.1. The van der Waals surface area contributed by atoms with Gasteiger partial charge in [-0.2, -0.15) is 0 Å². The minimum absolute atomic E-state index is 0.227. The summed E-state index contributed by atoms with van der Waals surface area (Å²) in [5, 5.41) is 13.3. The predicted octanol–water partition coefficient (Wildman–Crippen LogP) is 8.72. The molecule has 4 rings (SSSR count). The normalized spacial score (nSPS) is 11.5. The van der Waals surface area contributed by atoms with E-state index >= 15 is 0 Å². The number of halogens is 4. The number of anilines is 2. The van der Waals surface area contributed by atoms with Gasteiger partial charge in [-0.25, -0.2) is 4.79 Å². The Bertz CT molecular complexity index is 1550. The monoisotopic (exact) mass is 618 g/mol. The van der Waals surface area contributed by atoms with Crippen molar-refractivity contribution in [3.63, 3.8) is 0 Å². The summed E-state index contributed by atoms with van der Waals surface area (Å²) in [5.41, 5.74) is 0.784. The predicted molar refractivity (Wildman–Crippen MR) is 158 cm³/mol. The maximum absolute atomic E-state index is 13.3. The van der Waals surface area contributed by atoms with Crippen LogP contribution in [0.25, 0.3) is 0 Å². The number of carbonyl (C=O) groups excluding carboxylic acids is 2. The summed E-state index contributed by atoms with van der Waals surface area (Å²) < 4.78 is 0. The number of carbonyl (C=O) groups is 3. The minimum atomic E-state index is -1.50. The Balaban J connectivity index is 1.62. The number of hydrogen-bond acceptors (Lipinski definition) is 4. The molecule has 0 spiro atoms. The lowest BCUT2D eigenvalue weighted by Gasteiger charge is -2.18. The zero-order valence-corrected chi connectivity index (χ0v) is 23.6. The van der Waals surface area contributed by atoms with Gasteiger partial charge >= 0.3 is 5.97 Å². The molecular weight excluding hydrogens is 602 g/mol. The molecule has 2 amide bonds. The first kappa shape index (κ1) is 28.8. The van der Waals surface area contributed by atoms with Crippen molar-refractivity contribution in [3.05, 3.63) is 122 Å². The number of hydrogen-bond donors (Lipinski definition) is 3. The van der Waals surface area contributed by atoms with Crippen molar-refractivity contribution in [1.82, 2.24) is 0 Å². The zero-order valence-electron chi connectivity index (χ0n) is 19.8. The number of carboxylic acid groups (broad SMARTS) is 1. The van der Waals surface area contributed by atoms with Gasteiger partial charge in [-0.1, -0.05) is 101 Å². The van der Waals surface area contributed by atoms with E-state index in [1.54, 1.807) is 36.4 Å². The van der Waals surface area contributed by atoms with Gasteiger partial charge in [0.15, 0.2) is 0 Å².